The van der Waals surface area contributed by atoms with E-state index in [9.17, 15) is 32.0 Å². The Morgan fingerprint density at radius 2 is 1.86 bits per heavy atom. The number of allylic oxidation sites excluding steroid dienone is 1. The Kier molecular flexibility index (Phi) is 11.4. The second-order valence-electron chi connectivity index (χ2n) is 17.1. The Morgan fingerprint density at radius 1 is 1.12 bits per heavy atom. The highest BCUT2D eigenvalue weighted by Crippen LogP contribution is 2.47. The molecule has 16 heteroatoms. The number of ether oxygens (including phenoxy) is 3. The quantitative estimate of drug-likeness (QED) is 0.304. The van der Waals surface area contributed by atoms with Gasteiger partial charge < -0.3 is 29.7 Å². The number of rotatable bonds is 8. The smallest absolute Gasteiger partial charge is 0.408 e. The predicted octanol–water partition coefficient (Wildman–Crippen LogP) is 5.10. The van der Waals surface area contributed by atoms with Crippen LogP contribution in [0.5, 0.6) is 11.6 Å². The van der Waals surface area contributed by atoms with Crippen LogP contribution in [0, 0.1) is 18.7 Å². The summed E-state index contributed by atoms with van der Waals surface area (Å²) >= 11 is 0. The van der Waals surface area contributed by atoms with Gasteiger partial charge in [-0.3, -0.25) is 19.1 Å². The van der Waals surface area contributed by atoms with E-state index in [1.54, 1.807) is 46.8 Å². The number of amides is 4. The zero-order chi connectivity index (χ0) is 40.8. The topological polar surface area (TPSA) is 182 Å². The molecule has 2 aliphatic carbocycles. The molecule has 0 radical (unpaired) electrons. The Hall–Kier alpha value is -4.47. The molecule has 5 unspecified atom stereocenters. The Labute approximate surface area is 327 Å². The summed E-state index contributed by atoms with van der Waals surface area (Å²) in [5.74, 6) is -2.45. The van der Waals surface area contributed by atoms with Gasteiger partial charge in [0.1, 0.15) is 40.9 Å². The van der Waals surface area contributed by atoms with Crippen molar-refractivity contribution in [3.63, 3.8) is 0 Å². The maximum Gasteiger partial charge on any atom is 0.408 e. The fourth-order valence-electron chi connectivity index (χ4n) is 7.33. The standard InChI is InChI=1S/C40H54FN5O9S/c1-23(2)53-32-20-31(27-15-16-28(41)24(3)33(27)43-32)54-26-19-30-34(47)44-40(36(49)45-56(51,52)39(7)17-18-39)21-25(40)13-11-9-8-10-12-14-29(35(48)46(30)22-26)42-37(50)55-38(4,5)6/h11,13,15-16,20,23,25-26,29-30H,8-10,12,14,17-19,21-22H2,1-7H3,(H,42,50)(H,44,47)(H,45,49). The second-order valence-corrected chi connectivity index (χ2v) is 19.3. The molecule has 1 saturated heterocycles. The van der Waals surface area contributed by atoms with Crippen LogP contribution in [-0.4, -0.2) is 88.8 Å². The van der Waals surface area contributed by atoms with Crippen molar-refractivity contribution in [1.29, 1.82) is 0 Å². The average molecular weight is 800 g/mol. The van der Waals surface area contributed by atoms with E-state index in [0.29, 0.717) is 47.9 Å². The van der Waals surface area contributed by atoms with Crippen molar-refractivity contribution in [2.75, 3.05) is 6.54 Å². The van der Waals surface area contributed by atoms with E-state index in [-0.39, 0.29) is 37.8 Å². The minimum Gasteiger partial charge on any atom is -0.488 e. The van der Waals surface area contributed by atoms with Gasteiger partial charge in [-0.05, 0) is 99.1 Å². The first-order valence-corrected chi connectivity index (χ1v) is 21.0. The summed E-state index contributed by atoms with van der Waals surface area (Å²) in [4.78, 5) is 61.8. The molecule has 1 aromatic heterocycles. The molecule has 4 aliphatic rings. The molecule has 0 bridgehead atoms. The Morgan fingerprint density at radius 3 is 2.54 bits per heavy atom. The average Bonchev–Trinajstić information content (AvgIpc) is 3.97. The lowest BCUT2D eigenvalue weighted by Crippen LogP contribution is -2.58. The number of fused-ring (bicyclic) bond motifs is 3. The zero-order valence-corrected chi connectivity index (χ0v) is 34.0. The molecule has 56 heavy (non-hydrogen) atoms. The molecule has 6 rings (SSSR count). The Balaban J connectivity index is 1.35. The number of nitrogens with one attached hydrogen (secondary N) is 3. The summed E-state index contributed by atoms with van der Waals surface area (Å²) in [6, 6.07) is 2.23. The van der Waals surface area contributed by atoms with E-state index in [1.165, 1.54) is 11.0 Å². The van der Waals surface area contributed by atoms with Crippen molar-refractivity contribution in [3.05, 3.63) is 41.7 Å². The Bertz CT molecular complexity index is 2030. The lowest BCUT2D eigenvalue weighted by atomic mass is 10.0. The number of aromatic nitrogens is 1. The first-order chi connectivity index (χ1) is 26.2. The van der Waals surface area contributed by atoms with Gasteiger partial charge in [0.25, 0.3) is 5.91 Å². The van der Waals surface area contributed by atoms with Gasteiger partial charge in [0, 0.05) is 29.4 Å². The highest BCUT2D eigenvalue weighted by molar-refractivity contribution is 7.91. The van der Waals surface area contributed by atoms with Crippen LogP contribution < -0.4 is 24.8 Å². The van der Waals surface area contributed by atoms with Crippen LogP contribution in [0.1, 0.15) is 105 Å². The number of carbonyl (C=O) groups excluding carboxylic acids is 4. The van der Waals surface area contributed by atoms with Crippen molar-refractivity contribution < 1.29 is 46.2 Å². The highest BCUT2D eigenvalue weighted by atomic mass is 32.2. The summed E-state index contributed by atoms with van der Waals surface area (Å²) in [5.41, 5.74) is -1.76. The predicted molar refractivity (Wildman–Crippen MR) is 206 cm³/mol. The third kappa shape index (κ3) is 8.89. The van der Waals surface area contributed by atoms with Gasteiger partial charge in [0.15, 0.2) is 0 Å². The van der Waals surface area contributed by atoms with E-state index >= 15 is 0 Å². The third-order valence-corrected chi connectivity index (χ3v) is 13.1. The van der Waals surface area contributed by atoms with Gasteiger partial charge in [0.2, 0.25) is 27.7 Å². The number of alkyl carbamates (subject to hydrolysis) is 1. The zero-order valence-electron chi connectivity index (χ0n) is 33.2. The lowest BCUT2D eigenvalue weighted by Gasteiger charge is -2.30. The number of benzene rings is 1. The molecule has 2 aliphatic heterocycles. The van der Waals surface area contributed by atoms with Crippen LogP contribution >= 0.6 is 0 Å². The number of aryl methyl sites for hydroxylation is 1. The van der Waals surface area contributed by atoms with Gasteiger partial charge in [-0.15, -0.1) is 0 Å². The van der Waals surface area contributed by atoms with Crippen LogP contribution in [0.4, 0.5) is 9.18 Å². The third-order valence-electron chi connectivity index (χ3n) is 10.9. The maximum atomic E-state index is 14.7. The van der Waals surface area contributed by atoms with Gasteiger partial charge in [-0.25, -0.2) is 22.6 Å². The molecule has 2 saturated carbocycles. The maximum absolute atomic E-state index is 14.7. The van der Waals surface area contributed by atoms with Crippen LogP contribution in [-0.2, 0) is 29.1 Å². The van der Waals surface area contributed by atoms with E-state index in [4.69, 9.17) is 14.2 Å². The molecule has 306 valence electrons. The second kappa shape index (κ2) is 15.5. The highest BCUT2D eigenvalue weighted by Gasteiger charge is 2.63. The van der Waals surface area contributed by atoms with Gasteiger partial charge >= 0.3 is 6.09 Å². The molecule has 2 aromatic rings. The van der Waals surface area contributed by atoms with Crippen LogP contribution in [0.3, 0.4) is 0 Å². The van der Waals surface area contributed by atoms with Crippen LogP contribution in [0.15, 0.2) is 30.4 Å². The number of carbonyl (C=O) groups is 4. The van der Waals surface area contributed by atoms with Crippen molar-refractivity contribution in [1.82, 2.24) is 25.2 Å². The summed E-state index contributed by atoms with van der Waals surface area (Å²) in [6.45, 7) is 11.9. The molecule has 3 fully saturated rings. The van der Waals surface area contributed by atoms with Crippen molar-refractivity contribution in [3.8, 4) is 11.6 Å². The monoisotopic (exact) mass is 799 g/mol. The fourth-order valence-corrected chi connectivity index (χ4v) is 8.64. The van der Waals surface area contributed by atoms with Gasteiger partial charge in [-0.2, -0.15) is 0 Å². The SMILES string of the molecule is Cc1c(F)ccc2c(OC3CC4C(=O)NC5(C(=O)NS(=O)(=O)C6(C)CC6)CC5C=CCCCCCC(NC(=O)OC(C)(C)C)C(=O)N4C3)cc(OC(C)C)nc12. The van der Waals surface area contributed by atoms with E-state index in [1.807, 2.05) is 26.0 Å². The molecule has 1 aromatic carbocycles. The van der Waals surface area contributed by atoms with Crippen molar-refractivity contribution in [2.24, 2.45) is 5.92 Å². The summed E-state index contributed by atoms with van der Waals surface area (Å²) < 4.78 is 60.2. The van der Waals surface area contributed by atoms with E-state index in [2.05, 4.69) is 20.3 Å². The van der Waals surface area contributed by atoms with Crippen LogP contribution in [0.25, 0.3) is 10.9 Å². The first-order valence-electron chi connectivity index (χ1n) is 19.5. The fraction of sp³-hybridized carbons (Fsp3) is 0.625. The van der Waals surface area contributed by atoms with Crippen molar-refractivity contribution >= 4 is 44.7 Å². The molecule has 0 spiro atoms. The number of nitrogens with zero attached hydrogens (tertiary/aromatic N) is 2. The number of hydrogen-bond acceptors (Lipinski definition) is 10. The summed E-state index contributed by atoms with van der Waals surface area (Å²) in [6.07, 6.45) is 6.00. The molecular formula is C40H54FN5O9S. The van der Waals surface area contributed by atoms with Gasteiger partial charge in [-0.1, -0.05) is 25.0 Å². The molecular weight excluding hydrogens is 746 g/mol. The number of pyridine rings is 1. The molecule has 4 amide bonds. The van der Waals surface area contributed by atoms with E-state index < -0.39 is 79.6 Å². The molecule has 3 N–H and O–H groups in total. The summed E-state index contributed by atoms with van der Waals surface area (Å²) in [5, 5.41) is 6.10. The summed E-state index contributed by atoms with van der Waals surface area (Å²) in [7, 11) is -4.02. The van der Waals surface area contributed by atoms with Crippen LogP contribution in [0.2, 0.25) is 0 Å². The normalized spacial score (nSPS) is 26.6. The van der Waals surface area contributed by atoms with Crippen molar-refractivity contribution in [2.45, 2.75) is 146 Å². The minimum absolute atomic E-state index is 0.0182. The number of sulfonamides is 1. The van der Waals surface area contributed by atoms with Gasteiger partial charge in [0.05, 0.1) is 22.9 Å². The largest absolute Gasteiger partial charge is 0.488 e. The lowest BCUT2D eigenvalue weighted by molar-refractivity contribution is -0.141. The molecule has 14 nitrogen and oxygen atoms in total. The number of hydrogen-bond donors (Lipinski definition) is 3. The minimum atomic E-state index is -4.02. The van der Waals surface area contributed by atoms with E-state index in [0.717, 1.165) is 12.8 Å². The number of halogens is 1. The molecule has 3 heterocycles. The first kappa shape index (κ1) is 41.2. The molecule has 5 atom stereocenters.